The van der Waals surface area contributed by atoms with Crippen molar-refractivity contribution in [2.75, 3.05) is 6.61 Å². The van der Waals surface area contributed by atoms with Crippen molar-refractivity contribution >= 4 is 11.9 Å². The van der Waals surface area contributed by atoms with Gasteiger partial charge in [0.25, 0.3) is 0 Å². The second-order valence-corrected chi connectivity index (χ2v) is 8.12. The predicted octanol–water partition coefficient (Wildman–Crippen LogP) is 4.52. The summed E-state index contributed by atoms with van der Waals surface area (Å²) in [7, 11) is 0. The zero-order valence-corrected chi connectivity index (χ0v) is 17.4. The molecule has 0 amide bonds. The Bertz CT molecular complexity index is 397. The third-order valence-corrected chi connectivity index (χ3v) is 3.80. The first kappa shape index (κ1) is 23.9. The molecular formula is C20H38O5. The molecule has 3 atom stereocenters. The van der Waals surface area contributed by atoms with Crippen molar-refractivity contribution in [3.63, 3.8) is 0 Å². The van der Waals surface area contributed by atoms with Crippen molar-refractivity contribution in [2.45, 2.75) is 98.9 Å². The molecular weight excluding hydrogens is 320 g/mol. The molecule has 0 heterocycles. The number of esters is 2. The van der Waals surface area contributed by atoms with E-state index < -0.39 is 11.5 Å². The van der Waals surface area contributed by atoms with Gasteiger partial charge in [-0.2, -0.15) is 0 Å². The average Bonchev–Trinajstić information content (AvgIpc) is 2.46. The van der Waals surface area contributed by atoms with Crippen molar-refractivity contribution in [3.8, 4) is 0 Å². The van der Waals surface area contributed by atoms with E-state index in [0.29, 0.717) is 6.61 Å². The van der Waals surface area contributed by atoms with Gasteiger partial charge in [-0.3, -0.25) is 9.59 Å². The van der Waals surface area contributed by atoms with Crippen LogP contribution in [0.2, 0.25) is 0 Å². The summed E-state index contributed by atoms with van der Waals surface area (Å²) in [5, 5.41) is 0. The Kier molecular flexibility index (Phi) is 11.0. The number of ether oxygens (including phenoxy) is 3. The van der Waals surface area contributed by atoms with E-state index in [4.69, 9.17) is 14.2 Å². The van der Waals surface area contributed by atoms with Crippen LogP contribution in [-0.4, -0.2) is 36.4 Å². The molecule has 0 fully saturated rings. The fourth-order valence-electron chi connectivity index (χ4n) is 2.46. The van der Waals surface area contributed by atoms with Crippen molar-refractivity contribution < 1.29 is 23.8 Å². The fourth-order valence-corrected chi connectivity index (χ4v) is 2.46. The topological polar surface area (TPSA) is 61.8 Å². The van der Waals surface area contributed by atoms with E-state index in [2.05, 4.69) is 6.92 Å². The van der Waals surface area contributed by atoms with E-state index in [1.54, 1.807) is 27.7 Å². The van der Waals surface area contributed by atoms with Crippen molar-refractivity contribution in [3.05, 3.63) is 0 Å². The molecule has 0 aromatic rings. The Morgan fingerprint density at radius 2 is 1.60 bits per heavy atom. The van der Waals surface area contributed by atoms with Crippen LogP contribution in [0.4, 0.5) is 0 Å². The van der Waals surface area contributed by atoms with Gasteiger partial charge >= 0.3 is 11.9 Å². The predicted molar refractivity (Wildman–Crippen MR) is 99.3 cm³/mol. The Balaban J connectivity index is 4.54. The van der Waals surface area contributed by atoms with Gasteiger partial charge in [0, 0.05) is 6.61 Å². The summed E-state index contributed by atoms with van der Waals surface area (Å²) < 4.78 is 16.7. The summed E-state index contributed by atoms with van der Waals surface area (Å²) in [6.45, 7) is 15.9. The highest BCUT2D eigenvalue weighted by Gasteiger charge is 2.29. The molecule has 0 unspecified atom stereocenters. The van der Waals surface area contributed by atoms with E-state index in [1.807, 2.05) is 20.8 Å². The molecule has 0 N–H and O–H groups in total. The van der Waals surface area contributed by atoms with Gasteiger partial charge in [-0.1, -0.05) is 40.5 Å². The third kappa shape index (κ3) is 11.2. The van der Waals surface area contributed by atoms with E-state index >= 15 is 0 Å². The maximum atomic E-state index is 12.4. The van der Waals surface area contributed by atoms with Crippen LogP contribution in [0, 0.1) is 11.8 Å². The molecule has 0 aliphatic carbocycles. The number of hydrogen-bond acceptors (Lipinski definition) is 5. The summed E-state index contributed by atoms with van der Waals surface area (Å²) in [6.07, 6.45) is 2.81. The molecule has 0 aliphatic rings. The van der Waals surface area contributed by atoms with Gasteiger partial charge in [-0.15, -0.1) is 0 Å². The standard InChI is InChI=1S/C20H38O5/c1-9-10-11-12-23-16(5)18(14(2)3)24-19(22)15(4)13-17(21)25-20(6,7)8/h14-16,18H,9-13H2,1-8H3/t15-,16+,18-/m1/s1. The molecule has 0 saturated carbocycles. The minimum atomic E-state index is -0.554. The van der Waals surface area contributed by atoms with Crippen LogP contribution in [0.1, 0.15) is 81.1 Å². The smallest absolute Gasteiger partial charge is 0.309 e. The second-order valence-electron chi connectivity index (χ2n) is 8.12. The van der Waals surface area contributed by atoms with Gasteiger partial charge in [-0.25, -0.2) is 0 Å². The van der Waals surface area contributed by atoms with E-state index in [-0.39, 0.29) is 36.5 Å². The van der Waals surface area contributed by atoms with E-state index in [9.17, 15) is 9.59 Å². The van der Waals surface area contributed by atoms with Crippen LogP contribution in [-0.2, 0) is 23.8 Å². The Hall–Kier alpha value is -1.10. The molecule has 5 heteroatoms. The Labute approximate surface area is 153 Å². The fraction of sp³-hybridized carbons (Fsp3) is 0.900. The highest BCUT2D eigenvalue weighted by atomic mass is 16.6. The lowest BCUT2D eigenvalue weighted by atomic mass is 10.0. The van der Waals surface area contributed by atoms with Crippen LogP contribution >= 0.6 is 0 Å². The van der Waals surface area contributed by atoms with E-state index in [1.165, 1.54) is 0 Å². The third-order valence-electron chi connectivity index (χ3n) is 3.80. The van der Waals surface area contributed by atoms with Gasteiger partial charge in [-0.05, 0) is 40.0 Å². The minimum Gasteiger partial charge on any atom is -0.460 e. The number of rotatable bonds is 11. The SMILES string of the molecule is CCCCCO[C@@H](C)[C@H](OC(=O)[C@H](C)CC(=O)OC(C)(C)C)C(C)C. The van der Waals surface area contributed by atoms with Gasteiger partial charge in [0.1, 0.15) is 11.7 Å². The first-order valence-electron chi connectivity index (χ1n) is 9.51. The Morgan fingerprint density at radius 1 is 1.00 bits per heavy atom. The maximum Gasteiger partial charge on any atom is 0.309 e. The molecule has 0 radical (unpaired) electrons. The van der Waals surface area contributed by atoms with Gasteiger partial charge in [0.05, 0.1) is 18.4 Å². The molecule has 0 aliphatic heterocycles. The highest BCUT2D eigenvalue weighted by molar-refractivity contribution is 5.79. The van der Waals surface area contributed by atoms with Gasteiger partial charge in [0.15, 0.2) is 0 Å². The number of carbonyl (C=O) groups is 2. The quantitative estimate of drug-likeness (QED) is 0.401. The molecule has 0 aromatic carbocycles. The van der Waals surface area contributed by atoms with Crippen LogP contribution in [0.3, 0.4) is 0 Å². The van der Waals surface area contributed by atoms with Crippen LogP contribution in [0.25, 0.3) is 0 Å². The normalized spacial score (nSPS) is 15.6. The summed E-state index contributed by atoms with van der Waals surface area (Å²) in [4.78, 5) is 24.2. The minimum absolute atomic E-state index is 0.0205. The van der Waals surface area contributed by atoms with Crippen LogP contribution in [0.15, 0.2) is 0 Å². The lowest BCUT2D eigenvalue weighted by molar-refractivity contribution is -0.170. The number of hydrogen-bond donors (Lipinski definition) is 0. The molecule has 148 valence electrons. The lowest BCUT2D eigenvalue weighted by Crippen LogP contribution is -2.38. The molecule has 0 spiro atoms. The second kappa shape index (κ2) is 11.5. The number of carbonyl (C=O) groups excluding carboxylic acids is 2. The summed E-state index contributed by atoms with van der Waals surface area (Å²) in [5.41, 5.74) is -0.554. The highest BCUT2D eigenvalue weighted by Crippen LogP contribution is 2.19. The average molecular weight is 359 g/mol. The Morgan fingerprint density at radius 3 is 2.08 bits per heavy atom. The molecule has 0 bridgehead atoms. The van der Waals surface area contributed by atoms with Crippen molar-refractivity contribution in [1.82, 2.24) is 0 Å². The van der Waals surface area contributed by atoms with Crippen molar-refractivity contribution in [2.24, 2.45) is 11.8 Å². The molecule has 25 heavy (non-hydrogen) atoms. The number of unbranched alkanes of at least 4 members (excludes halogenated alkanes) is 2. The molecule has 0 saturated heterocycles. The van der Waals surface area contributed by atoms with E-state index in [0.717, 1.165) is 19.3 Å². The van der Waals surface area contributed by atoms with Gasteiger partial charge < -0.3 is 14.2 Å². The van der Waals surface area contributed by atoms with Crippen LogP contribution in [0.5, 0.6) is 0 Å². The summed E-state index contributed by atoms with van der Waals surface area (Å²) in [5.74, 6) is -1.17. The summed E-state index contributed by atoms with van der Waals surface area (Å²) >= 11 is 0. The molecule has 5 nitrogen and oxygen atoms in total. The summed E-state index contributed by atoms with van der Waals surface area (Å²) in [6, 6.07) is 0. The monoisotopic (exact) mass is 358 g/mol. The zero-order chi connectivity index (χ0) is 19.6. The lowest BCUT2D eigenvalue weighted by Gasteiger charge is -2.28. The molecule has 0 rings (SSSR count). The molecule has 0 aromatic heterocycles. The van der Waals surface area contributed by atoms with Gasteiger partial charge in [0.2, 0.25) is 0 Å². The zero-order valence-electron chi connectivity index (χ0n) is 17.4. The first-order valence-corrected chi connectivity index (χ1v) is 9.51. The maximum absolute atomic E-state index is 12.4. The first-order chi connectivity index (χ1) is 11.5. The van der Waals surface area contributed by atoms with Crippen molar-refractivity contribution in [1.29, 1.82) is 0 Å². The largest absolute Gasteiger partial charge is 0.460 e. The van der Waals surface area contributed by atoms with Crippen LogP contribution < -0.4 is 0 Å².